The Morgan fingerprint density at radius 1 is 1.13 bits per heavy atom. The summed E-state index contributed by atoms with van der Waals surface area (Å²) in [4.78, 5) is 13.8. The van der Waals surface area contributed by atoms with Crippen LogP contribution in [0.5, 0.6) is 0 Å². The van der Waals surface area contributed by atoms with Gasteiger partial charge in [0, 0.05) is 35.6 Å². The first-order chi connectivity index (χ1) is 11.0. The van der Waals surface area contributed by atoms with Crippen molar-refractivity contribution in [2.75, 3.05) is 13.1 Å². The van der Waals surface area contributed by atoms with Gasteiger partial charge in [-0.2, -0.15) is 0 Å². The molecule has 1 aliphatic rings. The van der Waals surface area contributed by atoms with Gasteiger partial charge in [-0.25, -0.2) is 0 Å². The number of carboxylic acids is 1. The van der Waals surface area contributed by atoms with E-state index in [0.29, 0.717) is 23.1 Å². The largest absolute Gasteiger partial charge is 0.481 e. The van der Waals surface area contributed by atoms with Gasteiger partial charge in [0.15, 0.2) is 0 Å². The molecule has 0 aliphatic carbocycles. The molecule has 1 N–H and O–H groups in total. The third kappa shape index (κ3) is 3.69. The average Bonchev–Trinajstić information content (AvgIpc) is 2.92. The number of aliphatic carboxylic acids is 1. The van der Waals surface area contributed by atoms with E-state index in [4.69, 9.17) is 23.2 Å². The van der Waals surface area contributed by atoms with Crippen LogP contribution in [0.2, 0.25) is 10.0 Å². The van der Waals surface area contributed by atoms with Gasteiger partial charge in [-0.05, 0) is 23.3 Å². The molecule has 0 spiro atoms. The van der Waals surface area contributed by atoms with Crippen LogP contribution in [-0.4, -0.2) is 29.1 Å². The molecule has 0 radical (unpaired) electrons. The van der Waals surface area contributed by atoms with Crippen molar-refractivity contribution in [3.63, 3.8) is 0 Å². The predicted octanol–water partition coefficient (Wildman–Crippen LogP) is 4.29. The highest BCUT2D eigenvalue weighted by molar-refractivity contribution is 6.35. The fourth-order valence-electron chi connectivity index (χ4n) is 3.22. The third-order valence-electron chi connectivity index (χ3n) is 4.32. The van der Waals surface area contributed by atoms with Crippen molar-refractivity contribution in [1.82, 2.24) is 4.90 Å². The lowest BCUT2D eigenvalue weighted by Gasteiger charge is -2.17. The van der Waals surface area contributed by atoms with Gasteiger partial charge >= 0.3 is 5.97 Å². The molecule has 1 saturated heterocycles. The molecule has 2 aromatic carbocycles. The summed E-state index contributed by atoms with van der Waals surface area (Å²) < 4.78 is 0. The number of nitrogens with zero attached hydrogens (tertiary/aromatic N) is 1. The number of halogens is 2. The zero-order valence-electron chi connectivity index (χ0n) is 12.5. The summed E-state index contributed by atoms with van der Waals surface area (Å²) in [5.74, 6) is -1.37. The smallest absolute Gasteiger partial charge is 0.308 e. The number of likely N-dealkylation sites (tertiary alicyclic amines) is 1. The molecule has 0 unspecified atom stereocenters. The molecule has 1 aliphatic heterocycles. The van der Waals surface area contributed by atoms with E-state index in [1.807, 2.05) is 24.3 Å². The Morgan fingerprint density at radius 3 is 2.52 bits per heavy atom. The fourth-order valence-corrected chi connectivity index (χ4v) is 3.77. The highest BCUT2D eigenvalue weighted by atomic mass is 35.5. The molecule has 23 heavy (non-hydrogen) atoms. The molecular weight excluding hydrogens is 333 g/mol. The Morgan fingerprint density at radius 2 is 1.87 bits per heavy atom. The molecule has 0 bridgehead atoms. The zero-order valence-corrected chi connectivity index (χ0v) is 14.0. The summed E-state index contributed by atoms with van der Waals surface area (Å²) >= 11 is 12.2. The fraction of sp³-hybridized carbons (Fsp3) is 0.278. The minimum Gasteiger partial charge on any atom is -0.481 e. The van der Waals surface area contributed by atoms with Crippen molar-refractivity contribution < 1.29 is 9.90 Å². The number of hydrogen-bond acceptors (Lipinski definition) is 2. The second kappa shape index (κ2) is 6.91. The van der Waals surface area contributed by atoms with Gasteiger partial charge in [-0.1, -0.05) is 59.6 Å². The Kier molecular flexibility index (Phi) is 4.90. The minimum atomic E-state index is -0.781. The lowest BCUT2D eigenvalue weighted by Crippen LogP contribution is -2.23. The number of carbonyl (C=O) groups is 1. The second-order valence-electron chi connectivity index (χ2n) is 5.90. The van der Waals surface area contributed by atoms with Gasteiger partial charge in [0.25, 0.3) is 0 Å². The zero-order chi connectivity index (χ0) is 16.4. The highest BCUT2D eigenvalue weighted by Gasteiger charge is 2.39. The van der Waals surface area contributed by atoms with Crippen LogP contribution in [0, 0.1) is 5.92 Å². The Labute approximate surface area is 145 Å². The normalized spacial score (nSPS) is 21.5. The Bertz CT molecular complexity index is 705. The number of hydrogen-bond donors (Lipinski definition) is 1. The maximum atomic E-state index is 11.7. The number of rotatable bonds is 4. The first-order valence-corrected chi connectivity index (χ1v) is 8.24. The molecule has 3 rings (SSSR count). The van der Waals surface area contributed by atoms with Crippen LogP contribution < -0.4 is 0 Å². The standard InChI is InChI=1S/C18H17Cl2NO2/c19-13-6-7-14(17(20)8-13)15-10-21(11-16(15)18(22)23)9-12-4-2-1-3-5-12/h1-8,15-16H,9-11H2,(H,22,23)/t15-,16+/m0/s1. The van der Waals surface area contributed by atoms with Crippen molar-refractivity contribution >= 4 is 29.2 Å². The van der Waals surface area contributed by atoms with Crippen molar-refractivity contribution in [3.8, 4) is 0 Å². The first-order valence-electron chi connectivity index (χ1n) is 7.48. The van der Waals surface area contributed by atoms with E-state index in [9.17, 15) is 9.90 Å². The van der Waals surface area contributed by atoms with Crippen LogP contribution in [0.4, 0.5) is 0 Å². The first kappa shape index (κ1) is 16.3. The van der Waals surface area contributed by atoms with Gasteiger partial charge in [0.2, 0.25) is 0 Å². The molecule has 0 aromatic heterocycles. The molecule has 120 valence electrons. The maximum Gasteiger partial charge on any atom is 0.308 e. The van der Waals surface area contributed by atoms with E-state index in [2.05, 4.69) is 17.0 Å². The third-order valence-corrected chi connectivity index (χ3v) is 4.89. The van der Waals surface area contributed by atoms with Crippen LogP contribution in [-0.2, 0) is 11.3 Å². The predicted molar refractivity (Wildman–Crippen MR) is 92.0 cm³/mol. The summed E-state index contributed by atoms with van der Waals surface area (Å²) in [6, 6.07) is 15.4. The van der Waals surface area contributed by atoms with Gasteiger partial charge in [0.05, 0.1) is 5.92 Å². The summed E-state index contributed by atoms with van der Waals surface area (Å²) in [6.45, 7) is 1.94. The lowest BCUT2D eigenvalue weighted by atomic mass is 9.89. The van der Waals surface area contributed by atoms with E-state index in [1.165, 1.54) is 5.56 Å². The number of carboxylic acid groups (broad SMARTS) is 1. The van der Waals surface area contributed by atoms with E-state index in [-0.39, 0.29) is 5.92 Å². The summed E-state index contributed by atoms with van der Waals surface area (Å²) in [7, 11) is 0. The van der Waals surface area contributed by atoms with E-state index in [1.54, 1.807) is 12.1 Å². The molecule has 1 heterocycles. The van der Waals surface area contributed by atoms with Crippen molar-refractivity contribution in [2.45, 2.75) is 12.5 Å². The van der Waals surface area contributed by atoms with Gasteiger partial charge in [0.1, 0.15) is 0 Å². The van der Waals surface area contributed by atoms with E-state index in [0.717, 1.165) is 12.1 Å². The summed E-state index contributed by atoms with van der Waals surface area (Å²) in [6.07, 6.45) is 0. The molecule has 5 heteroatoms. The summed E-state index contributed by atoms with van der Waals surface area (Å²) in [5.41, 5.74) is 2.04. The molecule has 1 fully saturated rings. The quantitative estimate of drug-likeness (QED) is 0.894. The van der Waals surface area contributed by atoms with Crippen molar-refractivity contribution in [3.05, 3.63) is 69.7 Å². The molecular formula is C18H17Cl2NO2. The van der Waals surface area contributed by atoms with Crippen LogP contribution >= 0.6 is 23.2 Å². The number of benzene rings is 2. The second-order valence-corrected chi connectivity index (χ2v) is 6.74. The van der Waals surface area contributed by atoms with Gasteiger partial charge < -0.3 is 5.11 Å². The molecule has 3 nitrogen and oxygen atoms in total. The van der Waals surface area contributed by atoms with Gasteiger partial charge in [-0.3, -0.25) is 9.69 Å². The topological polar surface area (TPSA) is 40.5 Å². The van der Waals surface area contributed by atoms with Crippen LogP contribution in [0.1, 0.15) is 17.0 Å². The van der Waals surface area contributed by atoms with Crippen LogP contribution in [0.3, 0.4) is 0 Å². The van der Waals surface area contributed by atoms with Crippen LogP contribution in [0.15, 0.2) is 48.5 Å². The molecule has 0 saturated carbocycles. The minimum absolute atomic E-state index is 0.124. The van der Waals surface area contributed by atoms with Crippen molar-refractivity contribution in [2.24, 2.45) is 5.92 Å². The van der Waals surface area contributed by atoms with Crippen molar-refractivity contribution in [1.29, 1.82) is 0 Å². The molecule has 2 aromatic rings. The monoisotopic (exact) mass is 349 g/mol. The van der Waals surface area contributed by atoms with Crippen LogP contribution in [0.25, 0.3) is 0 Å². The maximum absolute atomic E-state index is 11.7. The Balaban J connectivity index is 1.83. The highest BCUT2D eigenvalue weighted by Crippen LogP contribution is 2.38. The van der Waals surface area contributed by atoms with Gasteiger partial charge in [-0.15, -0.1) is 0 Å². The summed E-state index contributed by atoms with van der Waals surface area (Å²) in [5, 5.41) is 10.7. The Hall–Kier alpha value is -1.55. The SMILES string of the molecule is O=C(O)[C@@H]1CN(Cc2ccccc2)C[C@H]1c1ccc(Cl)cc1Cl. The lowest BCUT2D eigenvalue weighted by molar-refractivity contribution is -0.141. The van der Waals surface area contributed by atoms with E-state index >= 15 is 0 Å². The molecule has 0 amide bonds. The van der Waals surface area contributed by atoms with E-state index < -0.39 is 11.9 Å². The average molecular weight is 350 g/mol. The molecule has 2 atom stereocenters.